The Balaban J connectivity index is 2.56. The average Bonchev–Trinajstić information content (AvgIpc) is 2.60. The number of hydrogen-bond acceptors (Lipinski definition) is 5. The molecule has 0 saturated heterocycles. The van der Waals surface area contributed by atoms with Crippen LogP contribution in [0.3, 0.4) is 0 Å². The van der Waals surface area contributed by atoms with Crippen LogP contribution in [0.1, 0.15) is 24.0 Å². The van der Waals surface area contributed by atoms with Crippen LogP contribution < -0.4 is 4.31 Å². The molecule has 0 atom stereocenters. The number of carbonyl (C=O) groups is 1. The second kappa shape index (κ2) is 8.17. The number of nitro benzene ring substituents is 1. The predicted molar refractivity (Wildman–Crippen MR) is 100 cm³/mol. The van der Waals surface area contributed by atoms with E-state index >= 15 is 0 Å². The lowest BCUT2D eigenvalue weighted by Crippen LogP contribution is -2.33. The number of non-ortho nitro benzene ring substituents is 1. The smallest absolute Gasteiger partial charge is 0.303 e. The second-order valence-corrected chi connectivity index (χ2v) is 7.93. The lowest BCUT2D eigenvalue weighted by atomic mass is 10.1. The lowest BCUT2D eigenvalue weighted by Gasteiger charge is -2.27. The van der Waals surface area contributed by atoms with Crippen molar-refractivity contribution in [3.63, 3.8) is 0 Å². The van der Waals surface area contributed by atoms with E-state index in [4.69, 9.17) is 5.11 Å². The summed E-state index contributed by atoms with van der Waals surface area (Å²) < 4.78 is 27.6. The highest BCUT2D eigenvalue weighted by Crippen LogP contribution is 2.31. The fourth-order valence-corrected chi connectivity index (χ4v) is 4.48. The summed E-state index contributed by atoms with van der Waals surface area (Å²) in [5.41, 5.74) is 1.54. The molecule has 144 valence electrons. The van der Waals surface area contributed by atoms with E-state index in [0.29, 0.717) is 16.8 Å². The van der Waals surface area contributed by atoms with E-state index in [1.807, 2.05) is 0 Å². The molecule has 8 nitrogen and oxygen atoms in total. The van der Waals surface area contributed by atoms with Gasteiger partial charge in [-0.2, -0.15) is 0 Å². The van der Waals surface area contributed by atoms with Crippen molar-refractivity contribution in [2.75, 3.05) is 10.8 Å². The van der Waals surface area contributed by atoms with Crippen LogP contribution in [0.4, 0.5) is 11.4 Å². The van der Waals surface area contributed by atoms with Crippen LogP contribution in [0.5, 0.6) is 0 Å². The van der Waals surface area contributed by atoms with Crippen molar-refractivity contribution in [1.29, 1.82) is 0 Å². The van der Waals surface area contributed by atoms with Gasteiger partial charge in [-0.25, -0.2) is 8.42 Å². The summed E-state index contributed by atoms with van der Waals surface area (Å²) in [5.74, 6) is -1.02. The number of rotatable bonds is 8. The number of aryl methyl sites for hydroxylation is 2. The number of nitro groups is 1. The number of hydrogen-bond donors (Lipinski definition) is 1. The zero-order valence-electron chi connectivity index (χ0n) is 15.0. The quantitative estimate of drug-likeness (QED) is 0.544. The number of benzene rings is 2. The van der Waals surface area contributed by atoms with Crippen molar-refractivity contribution in [3.8, 4) is 0 Å². The van der Waals surface area contributed by atoms with E-state index in [1.165, 1.54) is 18.2 Å². The molecule has 0 unspecified atom stereocenters. The maximum atomic E-state index is 13.2. The maximum absolute atomic E-state index is 13.2. The molecule has 1 N–H and O–H groups in total. The van der Waals surface area contributed by atoms with Crippen LogP contribution in [-0.4, -0.2) is 31.0 Å². The number of anilines is 1. The minimum atomic E-state index is -4.12. The van der Waals surface area contributed by atoms with E-state index < -0.39 is 20.9 Å². The molecule has 2 aromatic rings. The molecule has 0 aromatic heterocycles. The Morgan fingerprint density at radius 1 is 1.15 bits per heavy atom. The summed E-state index contributed by atoms with van der Waals surface area (Å²) in [6.45, 7) is 3.47. The van der Waals surface area contributed by atoms with Gasteiger partial charge in [0.25, 0.3) is 15.7 Å². The molecule has 0 spiro atoms. The molecule has 0 saturated carbocycles. The third-order valence-corrected chi connectivity index (χ3v) is 5.85. The zero-order chi connectivity index (χ0) is 20.2. The van der Waals surface area contributed by atoms with Gasteiger partial charge in [0.2, 0.25) is 0 Å². The van der Waals surface area contributed by atoms with E-state index in [2.05, 4.69) is 0 Å². The summed E-state index contributed by atoms with van der Waals surface area (Å²) in [4.78, 5) is 21.0. The average molecular weight is 392 g/mol. The van der Waals surface area contributed by atoms with Crippen LogP contribution in [0, 0.1) is 24.0 Å². The van der Waals surface area contributed by atoms with Gasteiger partial charge in [0.1, 0.15) is 0 Å². The van der Waals surface area contributed by atoms with Crippen LogP contribution in [0.15, 0.2) is 47.4 Å². The number of aliphatic carboxylic acids is 1. The normalized spacial score (nSPS) is 11.2. The standard InChI is InChI=1S/C18H20N2O6S/c1-13-6-3-7-14(2)18(13)19(11-5-10-17(21)22)27(25,26)16-9-4-8-15(12-16)20(23)24/h3-4,6-9,12H,5,10-11H2,1-2H3,(H,21,22). The van der Waals surface area contributed by atoms with Gasteiger partial charge in [0.15, 0.2) is 0 Å². The second-order valence-electron chi connectivity index (χ2n) is 6.07. The summed E-state index contributed by atoms with van der Waals surface area (Å²) >= 11 is 0. The van der Waals surface area contributed by atoms with Crippen LogP contribution in [0.25, 0.3) is 0 Å². The van der Waals surface area contributed by atoms with Gasteiger partial charge in [-0.3, -0.25) is 19.2 Å². The van der Waals surface area contributed by atoms with Crippen molar-refractivity contribution in [2.45, 2.75) is 31.6 Å². The highest BCUT2D eigenvalue weighted by atomic mass is 32.2. The Bertz CT molecular complexity index is 951. The molecule has 0 aliphatic rings. The van der Waals surface area contributed by atoms with Crippen LogP contribution >= 0.6 is 0 Å². The summed E-state index contributed by atoms with van der Waals surface area (Å²) in [6, 6.07) is 10.1. The largest absolute Gasteiger partial charge is 0.481 e. The Hall–Kier alpha value is -2.94. The van der Waals surface area contributed by atoms with Gasteiger partial charge >= 0.3 is 5.97 Å². The lowest BCUT2D eigenvalue weighted by molar-refractivity contribution is -0.385. The Labute approximate surface area is 157 Å². The monoisotopic (exact) mass is 392 g/mol. The highest BCUT2D eigenvalue weighted by Gasteiger charge is 2.28. The van der Waals surface area contributed by atoms with Crippen molar-refractivity contribution in [2.24, 2.45) is 0 Å². The van der Waals surface area contributed by atoms with Gasteiger partial charge in [0.05, 0.1) is 15.5 Å². The van der Waals surface area contributed by atoms with Gasteiger partial charge < -0.3 is 5.11 Å². The number of para-hydroxylation sites is 1. The first-order valence-corrected chi connectivity index (χ1v) is 9.64. The number of sulfonamides is 1. The maximum Gasteiger partial charge on any atom is 0.303 e. The minimum absolute atomic E-state index is 0.0526. The molecule has 9 heteroatoms. The molecule has 0 radical (unpaired) electrons. The van der Waals surface area contributed by atoms with Crippen LogP contribution in [-0.2, 0) is 14.8 Å². The molecular weight excluding hydrogens is 372 g/mol. The molecular formula is C18H20N2O6S. The summed E-state index contributed by atoms with van der Waals surface area (Å²) in [6.07, 6.45) is -0.0802. The first-order valence-electron chi connectivity index (χ1n) is 8.20. The van der Waals surface area contributed by atoms with Gasteiger partial charge in [-0.05, 0) is 37.5 Å². The predicted octanol–water partition coefficient (Wildman–Crippen LogP) is 3.27. The summed E-state index contributed by atoms with van der Waals surface area (Å²) in [7, 11) is -4.12. The molecule has 0 heterocycles. The van der Waals surface area contributed by atoms with E-state index in [9.17, 15) is 23.3 Å². The first kappa shape index (κ1) is 20.4. The third-order valence-electron chi connectivity index (χ3n) is 4.06. The van der Waals surface area contributed by atoms with Crippen molar-refractivity contribution >= 4 is 27.4 Å². The first-order chi connectivity index (χ1) is 12.6. The highest BCUT2D eigenvalue weighted by molar-refractivity contribution is 7.92. The number of nitrogens with zero attached hydrogens (tertiary/aromatic N) is 2. The molecule has 2 aromatic carbocycles. The van der Waals surface area contributed by atoms with E-state index in [1.54, 1.807) is 32.0 Å². The van der Waals surface area contributed by atoms with E-state index in [0.717, 1.165) is 10.4 Å². The Kier molecular flexibility index (Phi) is 6.17. The molecule has 0 amide bonds. The number of carboxylic acids is 1. The summed E-state index contributed by atoms with van der Waals surface area (Å²) in [5, 5.41) is 19.9. The van der Waals surface area contributed by atoms with Gasteiger partial charge in [0, 0.05) is 25.1 Å². The molecule has 0 fully saturated rings. The van der Waals surface area contributed by atoms with Gasteiger partial charge in [-0.15, -0.1) is 0 Å². The minimum Gasteiger partial charge on any atom is -0.481 e. The van der Waals surface area contributed by atoms with Crippen molar-refractivity contribution < 1.29 is 23.2 Å². The third kappa shape index (κ3) is 4.62. The Morgan fingerprint density at radius 2 is 1.74 bits per heavy atom. The van der Waals surface area contributed by atoms with Crippen LogP contribution in [0.2, 0.25) is 0 Å². The van der Waals surface area contributed by atoms with Gasteiger partial charge in [-0.1, -0.05) is 24.3 Å². The molecule has 27 heavy (non-hydrogen) atoms. The number of carboxylic acid groups (broad SMARTS) is 1. The molecule has 0 aliphatic heterocycles. The topological polar surface area (TPSA) is 118 Å². The van der Waals surface area contributed by atoms with Crippen molar-refractivity contribution in [1.82, 2.24) is 0 Å². The Morgan fingerprint density at radius 3 is 2.30 bits per heavy atom. The zero-order valence-corrected chi connectivity index (χ0v) is 15.8. The fraction of sp³-hybridized carbons (Fsp3) is 0.278. The molecule has 0 aliphatic carbocycles. The van der Waals surface area contributed by atoms with Crippen molar-refractivity contribution in [3.05, 3.63) is 63.7 Å². The molecule has 0 bridgehead atoms. The fourth-order valence-electron chi connectivity index (χ4n) is 2.81. The molecule has 2 rings (SSSR count). The SMILES string of the molecule is Cc1cccc(C)c1N(CCCC(=O)O)S(=O)(=O)c1cccc([N+](=O)[O-])c1. The van der Waals surface area contributed by atoms with E-state index in [-0.39, 0.29) is 30.0 Å².